The van der Waals surface area contributed by atoms with Gasteiger partial charge in [0.05, 0.1) is 25.6 Å². The molecule has 3 heterocycles. The van der Waals surface area contributed by atoms with E-state index in [1.807, 2.05) is 37.6 Å². The third-order valence-electron chi connectivity index (χ3n) is 5.58. The predicted octanol–water partition coefficient (Wildman–Crippen LogP) is 2.96. The maximum absolute atomic E-state index is 12.8. The highest BCUT2D eigenvalue weighted by molar-refractivity contribution is 5.91. The number of methoxy groups -OCH3 is 2. The molecule has 0 spiro atoms. The molecule has 0 aliphatic carbocycles. The molecule has 2 amide bonds. The van der Waals surface area contributed by atoms with Gasteiger partial charge < -0.3 is 24.6 Å². The van der Waals surface area contributed by atoms with Crippen LogP contribution in [-0.2, 0) is 0 Å². The Morgan fingerprint density at radius 1 is 0.939 bits per heavy atom. The molecule has 10 nitrogen and oxygen atoms in total. The molecule has 0 saturated carbocycles. The van der Waals surface area contributed by atoms with Crippen LogP contribution in [0.5, 0.6) is 11.5 Å². The first-order valence-electron chi connectivity index (χ1n) is 10.8. The second-order valence-electron chi connectivity index (χ2n) is 7.94. The van der Waals surface area contributed by atoms with E-state index in [9.17, 15) is 4.79 Å². The summed E-state index contributed by atoms with van der Waals surface area (Å²) in [5.74, 6) is 3.48. The van der Waals surface area contributed by atoms with E-state index in [1.165, 1.54) is 0 Å². The molecule has 1 fully saturated rings. The number of nitrogens with zero attached hydrogens (tertiary/aromatic N) is 6. The minimum atomic E-state index is -0.166. The van der Waals surface area contributed by atoms with E-state index in [1.54, 1.807) is 37.3 Å². The number of benzene rings is 1. The van der Waals surface area contributed by atoms with Crippen molar-refractivity contribution in [3.8, 4) is 17.3 Å². The van der Waals surface area contributed by atoms with Crippen molar-refractivity contribution in [2.45, 2.75) is 20.8 Å². The van der Waals surface area contributed by atoms with Gasteiger partial charge in [-0.2, -0.15) is 5.10 Å². The highest BCUT2D eigenvalue weighted by atomic mass is 16.5. The van der Waals surface area contributed by atoms with Crippen LogP contribution in [-0.4, -0.2) is 71.1 Å². The van der Waals surface area contributed by atoms with Crippen molar-refractivity contribution in [1.82, 2.24) is 24.6 Å². The van der Waals surface area contributed by atoms with Gasteiger partial charge in [0.15, 0.2) is 5.82 Å². The fraction of sp³-hybridized carbons (Fsp3) is 0.391. The van der Waals surface area contributed by atoms with E-state index >= 15 is 0 Å². The summed E-state index contributed by atoms with van der Waals surface area (Å²) in [5, 5.41) is 7.47. The molecule has 1 aromatic carbocycles. The molecule has 4 rings (SSSR count). The largest absolute Gasteiger partial charge is 0.497 e. The highest BCUT2D eigenvalue weighted by Crippen LogP contribution is 2.29. The molecule has 1 saturated heterocycles. The van der Waals surface area contributed by atoms with Crippen LogP contribution in [0.25, 0.3) is 5.82 Å². The van der Waals surface area contributed by atoms with Gasteiger partial charge in [-0.3, -0.25) is 0 Å². The van der Waals surface area contributed by atoms with E-state index in [0.717, 1.165) is 23.0 Å². The third-order valence-corrected chi connectivity index (χ3v) is 5.58. The lowest BCUT2D eigenvalue weighted by atomic mass is 10.2. The zero-order valence-electron chi connectivity index (χ0n) is 19.6. The van der Waals surface area contributed by atoms with E-state index in [4.69, 9.17) is 9.47 Å². The van der Waals surface area contributed by atoms with Crippen LogP contribution in [0.2, 0.25) is 0 Å². The van der Waals surface area contributed by atoms with Crippen LogP contribution in [0.15, 0.2) is 30.3 Å². The molecule has 3 aromatic rings. The molecule has 174 valence electrons. The van der Waals surface area contributed by atoms with E-state index in [-0.39, 0.29) is 6.03 Å². The van der Waals surface area contributed by atoms with Crippen molar-refractivity contribution >= 4 is 17.5 Å². The Labute approximate surface area is 193 Å². The van der Waals surface area contributed by atoms with Gasteiger partial charge in [-0.05, 0) is 39.0 Å². The lowest BCUT2D eigenvalue weighted by Gasteiger charge is -2.35. The van der Waals surface area contributed by atoms with Crippen LogP contribution in [0, 0.1) is 20.8 Å². The second kappa shape index (κ2) is 9.35. The lowest BCUT2D eigenvalue weighted by Crippen LogP contribution is -2.50. The van der Waals surface area contributed by atoms with Gasteiger partial charge in [0.1, 0.15) is 23.1 Å². The average Bonchev–Trinajstić information content (AvgIpc) is 3.16. The zero-order valence-corrected chi connectivity index (χ0v) is 19.6. The van der Waals surface area contributed by atoms with Crippen molar-refractivity contribution in [2.75, 3.05) is 50.6 Å². The number of aromatic nitrogens is 4. The van der Waals surface area contributed by atoms with Gasteiger partial charge in [0.25, 0.3) is 0 Å². The fourth-order valence-electron chi connectivity index (χ4n) is 3.90. The number of piperazine rings is 1. The Bertz CT molecular complexity index is 1150. The number of carbonyl (C=O) groups is 1. The standard InChI is InChI=1S/C23H29N7O3/c1-15-12-16(2)30(27-15)22-14-21(24-17(3)25-22)28-8-10-29(11-9-28)23(31)26-19-7-6-18(32-4)13-20(19)33-5/h6-7,12-14H,8-11H2,1-5H3,(H,26,31). The number of carbonyl (C=O) groups excluding carboxylic acids is 1. The molecule has 0 bridgehead atoms. The third kappa shape index (κ3) is 4.84. The molecule has 1 aliphatic rings. The number of hydrogen-bond donors (Lipinski definition) is 1. The quantitative estimate of drug-likeness (QED) is 0.637. The second-order valence-corrected chi connectivity index (χ2v) is 7.94. The number of urea groups is 1. The van der Waals surface area contributed by atoms with Crippen molar-refractivity contribution in [3.05, 3.63) is 47.5 Å². The highest BCUT2D eigenvalue weighted by Gasteiger charge is 2.24. The molecule has 0 unspecified atom stereocenters. The molecular formula is C23H29N7O3. The molecule has 0 radical (unpaired) electrons. The minimum absolute atomic E-state index is 0.166. The van der Waals surface area contributed by atoms with Crippen LogP contribution in [0.3, 0.4) is 0 Å². The minimum Gasteiger partial charge on any atom is -0.497 e. The number of aryl methyl sites for hydroxylation is 3. The van der Waals surface area contributed by atoms with Crippen LogP contribution < -0.4 is 19.7 Å². The number of ether oxygens (including phenoxy) is 2. The molecule has 1 aliphatic heterocycles. The maximum Gasteiger partial charge on any atom is 0.322 e. The zero-order chi connectivity index (χ0) is 23.5. The molecule has 10 heteroatoms. The molecule has 2 aromatic heterocycles. The Kier molecular flexibility index (Phi) is 6.34. The predicted molar refractivity (Wildman–Crippen MR) is 126 cm³/mol. The summed E-state index contributed by atoms with van der Waals surface area (Å²) in [5.41, 5.74) is 2.57. The molecular weight excluding hydrogens is 422 g/mol. The Morgan fingerprint density at radius 3 is 2.30 bits per heavy atom. The lowest BCUT2D eigenvalue weighted by molar-refractivity contribution is 0.208. The van der Waals surface area contributed by atoms with Crippen molar-refractivity contribution in [3.63, 3.8) is 0 Å². The molecule has 1 N–H and O–H groups in total. The topological polar surface area (TPSA) is 97.6 Å². The number of nitrogens with one attached hydrogen (secondary N) is 1. The monoisotopic (exact) mass is 451 g/mol. The van der Waals surface area contributed by atoms with Gasteiger partial charge in [-0.15, -0.1) is 0 Å². The molecule has 0 atom stereocenters. The van der Waals surface area contributed by atoms with Gasteiger partial charge in [0.2, 0.25) is 0 Å². The van der Waals surface area contributed by atoms with Crippen molar-refractivity contribution < 1.29 is 14.3 Å². The Morgan fingerprint density at radius 2 is 1.67 bits per heavy atom. The van der Waals surface area contributed by atoms with E-state index in [2.05, 4.69) is 25.3 Å². The first-order valence-corrected chi connectivity index (χ1v) is 10.8. The summed E-state index contributed by atoms with van der Waals surface area (Å²) in [6, 6.07) is 9.10. The van der Waals surface area contributed by atoms with Crippen LogP contribution in [0.4, 0.5) is 16.3 Å². The summed E-state index contributed by atoms with van der Waals surface area (Å²) in [6.45, 7) is 8.33. The van der Waals surface area contributed by atoms with Gasteiger partial charge in [-0.1, -0.05) is 0 Å². The van der Waals surface area contributed by atoms with Gasteiger partial charge in [-0.25, -0.2) is 19.4 Å². The molecule has 33 heavy (non-hydrogen) atoms. The summed E-state index contributed by atoms with van der Waals surface area (Å²) in [6.07, 6.45) is 0. The normalized spacial score (nSPS) is 13.7. The Hall–Kier alpha value is -3.82. The first-order chi connectivity index (χ1) is 15.9. The fourth-order valence-corrected chi connectivity index (χ4v) is 3.90. The number of rotatable bonds is 5. The van der Waals surface area contributed by atoms with Gasteiger partial charge >= 0.3 is 6.03 Å². The van der Waals surface area contributed by atoms with Crippen LogP contribution in [0.1, 0.15) is 17.2 Å². The number of amides is 2. The Balaban J connectivity index is 1.43. The summed E-state index contributed by atoms with van der Waals surface area (Å²) < 4.78 is 12.4. The first kappa shape index (κ1) is 22.4. The summed E-state index contributed by atoms with van der Waals surface area (Å²) >= 11 is 0. The van der Waals surface area contributed by atoms with Crippen molar-refractivity contribution in [2.24, 2.45) is 0 Å². The van der Waals surface area contributed by atoms with E-state index in [0.29, 0.717) is 49.2 Å². The van der Waals surface area contributed by atoms with Crippen LogP contribution >= 0.6 is 0 Å². The smallest absolute Gasteiger partial charge is 0.322 e. The maximum atomic E-state index is 12.8. The number of hydrogen-bond acceptors (Lipinski definition) is 7. The number of anilines is 2. The average molecular weight is 452 g/mol. The summed E-state index contributed by atoms with van der Waals surface area (Å²) in [4.78, 5) is 26.0. The SMILES string of the molecule is COc1ccc(NC(=O)N2CCN(c3cc(-n4nc(C)cc4C)nc(C)n3)CC2)c(OC)c1. The van der Waals surface area contributed by atoms with Gasteiger partial charge in [0, 0.05) is 44.0 Å². The summed E-state index contributed by atoms with van der Waals surface area (Å²) in [7, 11) is 3.15. The van der Waals surface area contributed by atoms with Crippen molar-refractivity contribution in [1.29, 1.82) is 0 Å². The van der Waals surface area contributed by atoms with E-state index < -0.39 is 0 Å².